The Morgan fingerprint density at radius 1 is 1.29 bits per heavy atom. The van der Waals surface area contributed by atoms with E-state index in [0.717, 1.165) is 32.6 Å². The number of hydrogen-bond donors (Lipinski definition) is 1. The summed E-state index contributed by atoms with van der Waals surface area (Å²) in [6, 6.07) is 5.66. The fourth-order valence-electron chi connectivity index (χ4n) is 2.17. The fourth-order valence-corrected chi connectivity index (χ4v) is 3.40. The molecule has 1 saturated carbocycles. The van der Waals surface area contributed by atoms with E-state index in [1.165, 1.54) is 12.8 Å². The highest BCUT2D eigenvalue weighted by atomic mass is 79.9. The average Bonchev–Trinajstić information content (AvgIpc) is 3.28. The SMILES string of the molecule is CCNc1nc(-c2cc(Cl)ccc2Br)nc(C2CC2)c1Br. The lowest BCUT2D eigenvalue weighted by atomic mass is 10.2. The summed E-state index contributed by atoms with van der Waals surface area (Å²) in [5, 5.41) is 3.98. The van der Waals surface area contributed by atoms with Gasteiger partial charge in [0.1, 0.15) is 5.82 Å². The molecular weight excluding hydrogens is 417 g/mol. The second-order valence-electron chi connectivity index (χ2n) is 5.02. The third-order valence-corrected chi connectivity index (χ3v) is 5.06. The first kappa shape index (κ1) is 15.3. The minimum absolute atomic E-state index is 0.538. The Morgan fingerprint density at radius 3 is 2.71 bits per heavy atom. The van der Waals surface area contributed by atoms with Crippen molar-refractivity contribution in [3.05, 3.63) is 37.9 Å². The Bertz CT molecular complexity index is 687. The van der Waals surface area contributed by atoms with Crippen LogP contribution in [0.3, 0.4) is 0 Å². The Balaban J connectivity index is 2.15. The predicted molar refractivity (Wildman–Crippen MR) is 94.0 cm³/mol. The predicted octanol–water partition coefficient (Wildman–Crippen LogP) is 5.63. The van der Waals surface area contributed by atoms with E-state index in [4.69, 9.17) is 16.6 Å². The second-order valence-corrected chi connectivity index (χ2v) is 7.11. The summed E-state index contributed by atoms with van der Waals surface area (Å²) in [6.07, 6.45) is 2.38. The number of hydrogen-bond acceptors (Lipinski definition) is 3. The molecule has 2 aromatic rings. The lowest BCUT2D eigenvalue weighted by Crippen LogP contribution is -2.06. The molecule has 1 aliphatic carbocycles. The highest BCUT2D eigenvalue weighted by molar-refractivity contribution is 9.11. The van der Waals surface area contributed by atoms with E-state index in [-0.39, 0.29) is 0 Å². The second kappa shape index (κ2) is 6.23. The third kappa shape index (κ3) is 3.25. The molecule has 3 nitrogen and oxygen atoms in total. The van der Waals surface area contributed by atoms with Gasteiger partial charge in [0, 0.05) is 27.5 Å². The summed E-state index contributed by atoms with van der Waals surface area (Å²) in [5.74, 6) is 2.08. The zero-order valence-electron chi connectivity index (χ0n) is 11.5. The molecule has 1 aliphatic rings. The van der Waals surface area contributed by atoms with Crippen LogP contribution in [0.15, 0.2) is 27.1 Å². The van der Waals surface area contributed by atoms with Crippen molar-refractivity contribution >= 4 is 49.3 Å². The lowest BCUT2D eigenvalue weighted by Gasteiger charge is -2.13. The van der Waals surface area contributed by atoms with Crippen LogP contribution in [0.4, 0.5) is 5.82 Å². The lowest BCUT2D eigenvalue weighted by molar-refractivity contribution is 0.973. The molecule has 0 unspecified atom stereocenters. The van der Waals surface area contributed by atoms with E-state index in [2.05, 4.69) is 49.1 Å². The molecule has 0 bridgehead atoms. The van der Waals surface area contributed by atoms with Crippen LogP contribution in [-0.4, -0.2) is 16.5 Å². The number of nitrogens with one attached hydrogen (secondary N) is 1. The van der Waals surface area contributed by atoms with Gasteiger partial charge < -0.3 is 5.32 Å². The maximum Gasteiger partial charge on any atom is 0.163 e. The smallest absolute Gasteiger partial charge is 0.163 e. The Hall–Kier alpha value is -0.650. The molecule has 1 aromatic carbocycles. The Labute approximate surface area is 145 Å². The highest BCUT2D eigenvalue weighted by Crippen LogP contribution is 2.45. The summed E-state index contributed by atoms with van der Waals surface area (Å²) >= 11 is 13.3. The molecule has 0 radical (unpaired) electrons. The number of anilines is 1. The van der Waals surface area contributed by atoms with Gasteiger partial charge in [-0.2, -0.15) is 0 Å². The molecule has 21 heavy (non-hydrogen) atoms. The van der Waals surface area contributed by atoms with Crippen molar-refractivity contribution in [3.8, 4) is 11.4 Å². The van der Waals surface area contributed by atoms with Gasteiger partial charge in [-0.1, -0.05) is 27.5 Å². The molecule has 0 atom stereocenters. The van der Waals surface area contributed by atoms with Crippen molar-refractivity contribution < 1.29 is 0 Å². The van der Waals surface area contributed by atoms with Gasteiger partial charge in [-0.25, -0.2) is 9.97 Å². The van der Waals surface area contributed by atoms with Crippen LogP contribution < -0.4 is 5.32 Å². The van der Waals surface area contributed by atoms with Gasteiger partial charge in [0.25, 0.3) is 0 Å². The first-order valence-corrected chi connectivity index (χ1v) is 8.83. The molecule has 0 saturated heterocycles. The number of nitrogens with zero attached hydrogens (tertiary/aromatic N) is 2. The van der Waals surface area contributed by atoms with Crippen molar-refractivity contribution in [1.29, 1.82) is 0 Å². The van der Waals surface area contributed by atoms with Crippen molar-refractivity contribution in [2.24, 2.45) is 0 Å². The van der Waals surface area contributed by atoms with E-state index in [1.54, 1.807) is 0 Å². The summed E-state index contributed by atoms with van der Waals surface area (Å²) in [7, 11) is 0. The molecule has 1 fully saturated rings. The van der Waals surface area contributed by atoms with E-state index in [0.29, 0.717) is 16.8 Å². The first-order valence-electron chi connectivity index (χ1n) is 6.87. The Morgan fingerprint density at radius 2 is 2.05 bits per heavy atom. The van der Waals surface area contributed by atoms with Gasteiger partial charge >= 0.3 is 0 Å². The average molecular weight is 432 g/mol. The molecule has 0 spiro atoms. The maximum atomic E-state index is 6.11. The molecular formula is C15H14Br2ClN3. The van der Waals surface area contributed by atoms with Crippen LogP contribution in [0.2, 0.25) is 5.02 Å². The zero-order valence-corrected chi connectivity index (χ0v) is 15.4. The number of benzene rings is 1. The Kier molecular flexibility index (Phi) is 4.52. The van der Waals surface area contributed by atoms with Gasteiger partial charge in [0.05, 0.1) is 10.2 Å². The number of rotatable bonds is 4. The fraction of sp³-hybridized carbons (Fsp3) is 0.333. The maximum absolute atomic E-state index is 6.11. The molecule has 3 rings (SSSR count). The summed E-state index contributed by atoms with van der Waals surface area (Å²) in [5.41, 5.74) is 2.00. The topological polar surface area (TPSA) is 37.8 Å². The van der Waals surface area contributed by atoms with Gasteiger partial charge in [0.2, 0.25) is 0 Å². The summed E-state index contributed by atoms with van der Waals surface area (Å²) < 4.78 is 1.92. The van der Waals surface area contributed by atoms with Crippen LogP contribution in [-0.2, 0) is 0 Å². The van der Waals surface area contributed by atoms with Gasteiger partial charge in [0.15, 0.2) is 5.82 Å². The van der Waals surface area contributed by atoms with Crippen LogP contribution in [0.1, 0.15) is 31.4 Å². The largest absolute Gasteiger partial charge is 0.369 e. The molecule has 1 N–H and O–H groups in total. The van der Waals surface area contributed by atoms with E-state index < -0.39 is 0 Å². The monoisotopic (exact) mass is 429 g/mol. The van der Waals surface area contributed by atoms with Gasteiger partial charge in [-0.15, -0.1) is 0 Å². The van der Waals surface area contributed by atoms with Crippen molar-refractivity contribution in [2.45, 2.75) is 25.7 Å². The zero-order chi connectivity index (χ0) is 15.0. The normalized spacial score (nSPS) is 14.3. The highest BCUT2D eigenvalue weighted by Gasteiger charge is 2.29. The van der Waals surface area contributed by atoms with E-state index in [9.17, 15) is 0 Å². The van der Waals surface area contributed by atoms with Crippen molar-refractivity contribution in [1.82, 2.24) is 9.97 Å². The van der Waals surface area contributed by atoms with Gasteiger partial charge in [-0.3, -0.25) is 0 Å². The molecule has 0 amide bonds. The quantitative estimate of drug-likeness (QED) is 0.682. The minimum atomic E-state index is 0.538. The number of aromatic nitrogens is 2. The van der Waals surface area contributed by atoms with Crippen LogP contribution in [0, 0.1) is 0 Å². The van der Waals surface area contributed by atoms with E-state index >= 15 is 0 Å². The first-order chi connectivity index (χ1) is 10.1. The molecule has 1 heterocycles. The van der Waals surface area contributed by atoms with E-state index in [1.807, 2.05) is 18.2 Å². The van der Waals surface area contributed by atoms with Crippen LogP contribution in [0.25, 0.3) is 11.4 Å². The minimum Gasteiger partial charge on any atom is -0.369 e. The van der Waals surface area contributed by atoms with Crippen LogP contribution in [0.5, 0.6) is 0 Å². The molecule has 1 aromatic heterocycles. The van der Waals surface area contributed by atoms with Crippen molar-refractivity contribution in [3.63, 3.8) is 0 Å². The molecule has 6 heteroatoms. The summed E-state index contributed by atoms with van der Waals surface area (Å²) in [4.78, 5) is 9.41. The number of halogens is 3. The van der Waals surface area contributed by atoms with Gasteiger partial charge in [-0.05, 0) is 53.9 Å². The molecule has 0 aliphatic heterocycles. The standard InChI is InChI=1S/C15H14Br2ClN3/c1-2-19-15-12(17)13(8-3-4-8)20-14(21-15)10-7-9(18)5-6-11(10)16/h5-8H,2-4H2,1H3,(H,19,20,21). The molecule has 110 valence electrons. The summed E-state index contributed by atoms with van der Waals surface area (Å²) in [6.45, 7) is 2.87. The van der Waals surface area contributed by atoms with Crippen LogP contribution >= 0.6 is 43.5 Å². The third-order valence-electron chi connectivity index (χ3n) is 3.35. The van der Waals surface area contributed by atoms with Crippen molar-refractivity contribution in [2.75, 3.05) is 11.9 Å².